The first-order valence-corrected chi connectivity index (χ1v) is 3.63. The maximum atomic E-state index is 10.7. The van der Waals surface area contributed by atoms with Crippen molar-refractivity contribution in [1.82, 2.24) is 5.32 Å². The summed E-state index contributed by atoms with van der Waals surface area (Å²) < 4.78 is 4.84. The van der Waals surface area contributed by atoms with Crippen LogP contribution in [-0.2, 0) is 4.74 Å². The Morgan fingerprint density at radius 1 is 1.55 bits per heavy atom. The zero-order chi connectivity index (χ0) is 8.85. The van der Waals surface area contributed by atoms with Gasteiger partial charge in [-0.25, -0.2) is 4.79 Å². The number of carbonyl (C=O) groups is 1. The summed E-state index contributed by atoms with van der Waals surface area (Å²) in [6.45, 7) is 5.33. The summed E-state index contributed by atoms with van der Waals surface area (Å²) in [5.41, 5.74) is 0. The lowest BCUT2D eigenvalue weighted by Crippen LogP contribution is -2.30. The highest BCUT2D eigenvalue weighted by molar-refractivity contribution is 5.67. The molecule has 0 aliphatic rings. The molecule has 66 valence electrons. The van der Waals surface area contributed by atoms with Crippen molar-refractivity contribution in [3.8, 4) is 0 Å². The number of amides is 1. The summed E-state index contributed by atoms with van der Waals surface area (Å²) in [6.07, 6.45) is -0.699. The average Bonchev–Trinajstić information content (AvgIpc) is 1.87. The van der Waals surface area contributed by atoms with E-state index in [4.69, 9.17) is 9.84 Å². The van der Waals surface area contributed by atoms with Crippen molar-refractivity contribution in [2.75, 3.05) is 6.73 Å². The van der Waals surface area contributed by atoms with Gasteiger partial charge in [-0.05, 0) is 12.8 Å². The first-order chi connectivity index (χ1) is 5.07. The zero-order valence-electron chi connectivity index (χ0n) is 7.13. The topological polar surface area (TPSA) is 58.6 Å². The third-order valence-corrected chi connectivity index (χ3v) is 1.46. The van der Waals surface area contributed by atoms with E-state index in [0.29, 0.717) is 5.92 Å². The molecule has 0 fully saturated rings. The molecule has 0 aromatic carbocycles. The monoisotopic (exact) mass is 161 g/mol. The smallest absolute Gasteiger partial charge is 0.409 e. The van der Waals surface area contributed by atoms with E-state index in [9.17, 15) is 4.79 Å². The Morgan fingerprint density at radius 3 is 2.45 bits per heavy atom. The lowest BCUT2D eigenvalue weighted by Gasteiger charge is -2.15. The van der Waals surface area contributed by atoms with Crippen LogP contribution < -0.4 is 5.32 Å². The van der Waals surface area contributed by atoms with Gasteiger partial charge in [-0.2, -0.15) is 0 Å². The highest BCUT2D eigenvalue weighted by atomic mass is 16.6. The number of aliphatic hydroxyl groups is 1. The van der Waals surface area contributed by atoms with Crippen LogP contribution in [0.1, 0.15) is 20.8 Å². The molecule has 0 radical (unpaired) electrons. The van der Waals surface area contributed by atoms with Crippen molar-refractivity contribution in [1.29, 1.82) is 0 Å². The van der Waals surface area contributed by atoms with Crippen molar-refractivity contribution >= 4 is 6.09 Å². The Labute approximate surface area is 66.5 Å². The van der Waals surface area contributed by atoms with Gasteiger partial charge in [0.2, 0.25) is 0 Å². The molecular weight excluding hydrogens is 146 g/mol. The van der Waals surface area contributed by atoms with Gasteiger partial charge < -0.3 is 9.84 Å². The largest absolute Gasteiger partial charge is 0.446 e. The second-order valence-corrected chi connectivity index (χ2v) is 2.69. The van der Waals surface area contributed by atoms with Gasteiger partial charge in [-0.15, -0.1) is 0 Å². The molecule has 0 aromatic heterocycles. The minimum absolute atomic E-state index is 0.124. The molecule has 0 saturated carbocycles. The van der Waals surface area contributed by atoms with E-state index >= 15 is 0 Å². The zero-order valence-corrected chi connectivity index (χ0v) is 7.13. The first kappa shape index (κ1) is 10.2. The summed E-state index contributed by atoms with van der Waals surface area (Å²) in [5, 5.41) is 10.4. The summed E-state index contributed by atoms with van der Waals surface area (Å²) in [4.78, 5) is 10.7. The molecule has 0 spiro atoms. The second-order valence-electron chi connectivity index (χ2n) is 2.69. The van der Waals surface area contributed by atoms with Gasteiger partial charge in [0.25, 0.3) is 0 Å². The molecule has 11 heavy (non-hydrogen) atoms. The number of ether oxygens (including phenoxy) is 1. The lowest BCUT2D eigenvalue weighted by atomic mass is 10.1. The summed E-state index contributed by atoms with van der Waals surface area (Å²) >= 11 is 0. The van der Waals surface area contributed by atoms with E-state index in [0.717, 1.165) is 0 Å². The predicted molar refractivity (Wildman–Crippen MR) is 41.0 cm³/mol. The van der Waals surface area contributed by atoms with E-state index in [1.807, 2.05) is 20.8 Å². The van der Waals surface area contributed by atoms with Gasteiger partial charge in [0.05, 0.1) is 0 Å². The average molecular weight is 161 g/mol. The van der Waals surface area contributed by atoms with Crippen LogP contribution in [-0.4, -0.2) is 24.0 Å². The van der Waals surface area contributed by atoms with Gasteiger partial charge in [0.15, 0.2) is 0 Å². The minimum atomic E-state index is -0.575. The van der Waals surface area contributed by atoms with Crippen molar-refractivity contribution in [3.63, 3.8) is 0 Å². The molecule has 0 saturated heterocycles. The fourth-order valence-electron chi connectivity index (χ4n) is 0.411. The van der Waals surface area contributed by atoms with Crippen LogP contribution >= 0.6 is 0 Å². The molecular formula is C7H15NO3. The molecule has 0 heterocycles. The van der Waals surface area contributed by atoms with Crippen LogP contribution in [0.4, 0.5) is 4.79 Å². The number of hydrogen-bond donors (Lipinski definition) is 2. The van der Waals surface area contributed by atoms with Gasteiger partial charge in [0.1, 0.15) is 12.8 Å². The fourth-order valence-corrected chi connectivity index (χ4v) is 0.411. The maximum Gasteiger partial charge on any atom is 0.409 e. The van der Waals surface area contributed by atoms with Crippen molar-refractivity contribution in [2.45, 2.75) is 26.9 Å². The molecule has 0 aliphatic carbocycles. The highest BCUT2D eigenvalue weighted by Crippen LogP contribution is 2.04. The summed E-state index contributed by atoms with van der Waals surface area (Å²) in [5.74, 6) is 0.291. The van der Waals surface area contributed by atoms with Crippen molar-refractivity contribution in [2.24, 2.45) is 5.92 Å². The van der Waals surface area contributed by atoms with Crippen LogP contribution in [0.2, 0.25) is 0 Å². The third kappa shape index (κ3) is 4.61. The Kier molecular flexibility index (Phi) is 4.61. The molecule has 0 unspecified atom stereocenters. The summed E-state index contributed by atoms with van der Waals surface area (Å²) in [7, 11) is 0. The second kappa shape index (κ2) is 4.96. The number of aliphatic hydroxyl groups excluding tert-OH is 1. The Bertz CT molecular complexity index is 125. The highest BCUT2D eigenvalue weighted by Gasteiger charge is 2.11. The molecule has 0 aliphatic heterocycles. The molecule has 4 nitrogen and oxygen atoms in total. The number of hydrogen-bond acceptors (Lipinski definition) is 3. The number of alkyl carbamates (subject to hydrolysis) is 1. The lowest BCUT2D eigenvalue weighted by molar-refractivity contribution is 0.0755. The molecule has 0 rings (SSSR count). The molecule has 1 atom stereocenters. The molecule has 4 heteroatoms. The molecule has 1 amide bonds. The molecule has 0 bridgehead atoms. The first-order valence-electron chi connectivity index (χ1n) is 3.63. The van der Waals surface area contributed by atoms with Crippen LogP contribution in [0.5, 0.6) is 0 Å². The normalized spacial score (nSPS) is 12.8. The maximum absolute atomic E-state index is 10.7. The van der Waals surface area contributed by atoms with E-state index in [2.05, 4.69) is 5.32 Å². The van der Waals surface area contributed by atoms with Crippen LogP contribution in [0.3, 0.4) is 0 Å². The van der Waals surface area contributed by atoms with Crippen LogP contribution in [0.25, 0.3) is 0 Å². The Balaban J connectivity index is 3.57. The van der Waals surface area contributed by atoms with Crippen molar-refractivity contribution in [3.05, 3.63) is 0 Å². The Hall–Kier alpha value is -0.770. The van der Waals surface area contributed by atoms with Gasteiger partial charge in [-0.1, -0.05) is 13.8 Å². The molecule has 0 aromatic rings. The van der Waals surface area contributed by atoms with E-state index < -0.39 is 6.09 Å². The predicted octanol–water partition coefficient (Wildman–Crippen LogP) is 0.707. The van der Waals surface area contributed by atoms with E-state index in [1.54, 1.807) is 0 Å². The van der Waals surface area contributed by atoms with Gasteiger partial charge >= 0.3 is 6.09 Å². The quantitative estimate of drug-likeness (QED) is 0.599. The van der Waals surface area contributed by atoms with Gasteiger partial charge in [0, 0.05) is 0 Å². The summed E-state index contributed by atoms with van der Waals surface area (Å²) in [6, 6.07) is 0. The standard InChI is InChI=1S/C7H15NO3/c1-5(2)6(3)11-7(10)8-4-9/h5-6,9H,4H2,1-3H3,(H,8,10)/t6-/m0/s1. The van der Waals surface area contributed by atoms with E-state index in [1.165, 1.54) is 0 Å². The van der Waals surface area contributed by atoms with Crippen LogP contribution in [0, 0.1) is 5.92 Å². The Morgan fingerprint density at radius 2 is 2.09 bits per heavy atom. The SMILES string of the molecule is CC(C)[C@H](C)OC(=O)NCO. The number of nitrogens with one attached hydrogen (secondary N) is 1. The third-order valence-electron chi connectivity index (χ3n) is 1.46. The molecule has 2 N–H and O–H groups in total. The minimum Gasteiger partial charge on any atom is -0.446 e. The fraction of sp³-hybridized carbons (Fsp3) is 0.857. The van der Waals surface area contributed by atoms with E-state index in [-0.39, 0.29) is 12.8 Å². The van der Waals surface area contributed by atoms with Crippen molar-refractivity contribution < 1.29 is 14.6 Å². The number of rotatable bonds is 3. The van der Waals surface area contributed by atoms with Crippen LogP contribution in [0.15, 0.2) is 0 Å². The number of carbonyl (C=O) groups excluding carboxylic acids is 1. The van der Waals surface area contributed by atoms with Gasteiger partial charge in [-0.3, -0.25) is 5.32 Å².